The molecule has 1 atom stereocenters. The molecule has 0 aromatic heterocycles. The zero-order valence-corrected chi connectivity index (χ0v) is 14.8. The highest BCUT2D eigenvalue weighted by Gasteiger charge is 2.31. The lowest BCUT2D eigenvalue weighted by Gasteiger charge is -2.32. The van der Waals surface area contributed by atoms with E-state index in [1.807, 2.05) is 26.0 Å². The molecule has 1 N–H and O–H groups in total. The van der Waals surface area contributed by atoms with Crippen LogP contribution < -0.4 is 4.74 Å². The van der Waals surface area contributed by atoms with Crippen molar-refractivity contribution in [1.82, 2.24) is 0 Å². The lowest BCUT2D eigenvalue weighted by molar-refractivity contribution is 0.291. The molecule has 0 aliphatic carbocycles. The summed E-state index contributed by atoms with van der Waals surface area (Å²) >= 11 is 6.31. The number of hydrogen-bond donors (Lipinski definition) is 1. The third-order valence-corrected chi connectivity index (χ3v) is 4.62. The first-order valence-electron chi connectivity index (χ1n) is 7.90. The lowest BCUT2D eigenvalue weighted by atomic mass is 9.86. The van der Waals surface area contributed by atoms with Gasteiger partial charge in [-0.05, 0) is 54.8 Å². The summed E-state index contributed by atoms with van der Waals surface area (Å²) in [6, 6.07) is 9.42. The Hall–Kier alpha value is -2.52. The first-order valence-corrected chi connectivity index (χ1v) is 8.28. The van der Waals surface area contributed by atoms with Crippen molar-refractivity contribution in [2.45, 2.75) is 20.0 Å². The van der Waals surface area contributed by atoms with Gasteiger partial charge in [-0.25, -0.2) is 4.39 Å². The van der Waals surface area contributed by atoms with Gasteiger partial charge in [0.15, 0.2) is 0 Å². The van der Waals surface area contributed by atoms with Gasteiger partial charge < -0.3 is 9.84 Å². The number of phenols is 1. The van der Waals surface area contributed by atoms with Gasteiger partial charge in [-0.3, -0.25) is 0 Å². The molecule has 0 amide bonds. The van der Waals surface area contributed by atoms with Crippen LogP contribution in [0.1, 0.15) is 25.0 Å². The minimum absolute atomic E-state index is 0.00690. The summed E-state index contributed by atoms with van der Waals surface area (Å²) in [7, 11) is 0. The van der Waals surface area contributed by atoms with Crippen molar-refractivity contribution < 1.29 is 14.2 Å². The van der Waals surface area contributed by atoms with Crippen molar-refractivity contribution in [2.75, 3.05) is 0 Å². The Kier molecular flexibility index (Phi) is 4.69. The summed E-state index contributed by atoms with van der Waals surface area (Å²) in [5, 5.41) is 10.2. The summed E-state index contributed by atoms with van der Waals surface area (Å²) < 4.78 is 19.5. The zero-order valence-electron chi connectivity index (χ0n) is 14.0. The van der Waals surface area contributed by atoms with Gasteiger partial charge in [-0.15, -0.1) is 0 Å². The second-order valence-electron chi connectivity index (χ2n) is 5.89. The van der Waals surface area contributed by atoms with Crippen molar-refractivity contribution in [1.29, 1.82) is 0 Å². The van der Waals surface area contributed by atoms with Gasteiger partial charge in [0.05, 0.1) is 5.02 Å². The van der Waals surface area contributed by atoms with Crippen molar-refractivity contribution >= 4 is 22.7 Å². The molecule has 0 radical (unpaired) electrons. The molecule has 0 bridgehead atoms. The molecule has 0 spiro atoms. The molecule has 25 heavy (non-hydrogen) atoms. The molecule has 2 nitrogen and oxygen atoms in total. The monoisotopic (exact) mass is 356 g/mol. The van der Waals surface area contributed by atoms with Crippen molar-refractivity contribution in [2.24, 2.45) is 0 Å². The van der Waals surface area contributed by atoms with Crippen LogP contribution in [0.5, 0.6) is 11.5 Å². The normalized spacial score (nSPS) is 16.7. The first kappa shape index (κ1) is 17.3. The second kappa shape index (κ2) is 6.77. The van der Waals surface area contributed by atoms with Crippen LogP contribution in [0.2, 0.25) is 5.02 Å². The molecule has 1 heterocycles. The van der Waals surface area contributed by atoms with Crippen LogP contribution in [-0.4, -0.2) is 11.2 Å². The van der Waals surface area contributed by atoms with Gasteiger partial charge in [0.25, 0.3) is 0 Å². The van der Waals surface area contributed by atoms with Crippen LogP contribution in [0, 0.1) is 5.82 Å². The molecule has 0 fully saturated rings. The first-order chi connectivity index (χ1) is 11.9. The predicted molar refractivity (Wildman–Crippen MR) is 100 cm³/mol. The van der Waals surface area contributed by atoms with Crippen molar-refractivity contribution in [3.05, 3.63) is 82.7 Å². The topological polar surface area (TPSA) is 29.5 Å². The molecule has 0 saturated heterocycles. The van der Waals surface area contributed by atoms with Crippen LogP contribution in [0.25, 0.3) is 11.1 Å². The van der Waals surface area contributed by atoms with Crippen molar-refractivity contribution in [3.63, 3.8) is 0 Å². The van der Waals surface area contributed by atoms with Crippen LogP contribution in [-0.2, 0) is 0 Å². The zero-order chi connectivity index (χ0) is 18.1. The molecular weight excluding hydrogens is 339 g/mol. The highest BCUT2D eigenvalue weighted by Crippen LogP contribution is 2.47. The minimum Gasteiger partial charge on any atom is -0.506 e. The number of fused-ring (bicyclic) bond motifs is 1. The molecular formula is C21H18ClFO2. The van der Waals surface area contributed by atoms with Crippen LogP contribution in [0.3, 0.4) is 0 Å². The number of phenolic OH excluding ortho intramolecular Hbond substituents is 1. The third-order valence-electron chi connectivity index (χ3n) is 4.24. The minimum atomic E-state index is -0.422. The summed E-state index contributed by atoms with van der Waals surface area (Å²) in [4.78, 5) is 0. The highest BCUT2D eigenvalue weighted by atomic mass is 35.5. The summed E-state index contributed by atoms with van der Waals surface area (Å²) in [6.45, 7) is 7.93. The van der Waals surface area contributed by atoms with E-state index in [0.29, 0.717) is 11.3 Å². The Bertz CT molecular complexity index is 895. The number of ether oxygens (including phenoxy) is 1. The van der Waals surface area contributed by atoms with E-state index in [2.05, 4.69) is 6.58 Å². The largest absolute Gasteiger partial charge is 0.506 e. The van der Waals surface area contributed by atoms with E-state index < -0.39 is 6.10 Å². The number of benzene rings is 2. The van der Waals surface area contributed by atoms with Gasteiger partial charge in [-0.2, -0.15) is 0 Å². The quantitative estimate of drug-likeness (QED) is 0.682. The molecule has 1 aliphatic rings. The van der Waals surface area contributed by atoms with Gasteiger partial charge in [0.1, 0.15) is 23.4 Å². The maximum atomic E-state index is 13.4. The molecule has 0 saturated carbocycles. The Labute approximate surface area is 151 Å². The Balaban J connectivity index is 2.26. The molecule has 2 aromatic carbocycles. The molecule has 1 aliphatic heterocycles. The Morgan fingerprint density at radius 3 is 2.56 bits per heavy atom. The molecule has 4 heteroatoms. The second-order valence-corrected chi connectivity index (χ2v) is 6.27. The van der Waals surface area contributed by atoms with Gasteiger partial charge in [0, 0.05) is 11.1 Å². The SMILES string of the molecule is C=C(/C=C\C)[C@H]1Oc2ccc(O)c(Cl)c2C(C)=C1c1ccc(F)cc1. The van der Waals surface area contributed by atoms with E-state index in [-0.39, 0.29) is 16.6 Å². The fourth-order valence-corrected chi connectivity index (χ4v) is 3.37. The highest BCUT2D eigenvalue weighted by molar-refractivity contribution is 6.34. The Morgan fingerprint density at radius 2 is 1.92 bits per heavy atom. The average molecular weight is 357 g/mol. The van der Waals surface area contributed by atoms with Gasteiger partial charge >= 0.3 is 0 Å². The van der Waals surface area contributed by atoms with Crippen LogP contribution in [0.4, 0.5) is 4.39 Å². The van der Waals surface area contributed by atoms with Gasteiger partial charge in [0.2, 0.25) is 0 Å². The maximum Gasteiger partial charge on any atom is 0.149 e. The van der Waals surface area contributed by atoms with E-state index >= 15 is 0 Å². The summed E-state index contributed by atoms with van der Waals surface area (Å²) in [5.74, 6) is 0.271. The van der Waals surface area contributed by atoms with E-state index in [4.69, 9.17) is 16.3 Å². The molecule has 3 rings (SSSR count). The van der Waals surface area contributed by atoms with Crippen LogP contribution >= 0.6 is 11.6 Å². The lowest BCUT2D eigenvalue weighted by Crippen LogP contribution is -2.25. The fraction of sp³-hybridized carbons (Fsp3) is 0.143. The molecule has 0 unspecified atom stereocenters. The summed E-state index contributed by atoms with van der Waals surface area (Å²) in [6.07, 6.45) is 3.35. The van der Waals surface area contributed by atoms with E-state index in [1.165, 1.54) is 18.2 Å². The average Bonchev–Trinajstić information content (AvgIpc) is 2.59. The van der Waals surface area contributed by atoms with E-state index in [9.17, 15) is 9.50 Å². The number of aromatic hydroxyl groups is 1. The van der Waals surface area contributed by atoms with E-state index in [0.717, 1.165) is 22.3 Å². The summed E-state index contributed by atoms with van der Waals surface area (Å²) in [5.41, 5.74) is 3.95. The van der Waals surface area contributed by atoms with Gasteiger partial charge in [-0.1, -0.05) is 42.5 Å². The number of hydrogen-bond acceptors (Lipinski definition) is 2. The third kappa shape index (κ3) is 3.08. The Morgan fingerprint density at radius 1 is 1.24 bits per heavy atom. The van der Waals surface area contributed by atoms with E-state index in [1.54, 1.807) is 18.2 Å². The van der Waals surface area contributed by atoms with Crippen molar-refractivity contribution in [3.8, 4) is 11.5 Å². The number of allylic oxidation sites excluding steroid dienone is 2. The maximum absolute atomic E-state index is 13.4. The standard InChI is InChI=1S/C21H18ClFO2/c1-4-5-12(2)21-18(14-6-8-15(23)9-7-14)13(3)19-17(25-21)11-10-16(24)20(19)22/h4-11,21,24H,2H2,1,3H3/b5-4-/t21-/m1/s1. The van der Waals surface area contributed by atoms with Crippen LogP contribution in [0.15, 0.2) is 60.7 Å². The number of halogens is 2. The molecule has 2 aromatic rings. The smallest absolute Gasteiger partial charge is 0.149 e. The fourth-order valence-electron chi connectivity index (χ4n) is 3.07. The molecule has 128 valence electrons. The predicted octanol–water partition coefficient (Wildman–Crippen LogP) is 6.01. The number of rotatable bonds is 3.